The van der Waals surface area contributed by atoms with Crippen LogP contribution in [0.15, 0.2) is 78.9 Å². The van der Waals surface area contributed by atoms with Crippen molar-refractivity contribution >= 4 is 44.4 Å². The zero-order valence-electron chi connectivity index (χ0n) is 22.4. The van der Waals surface area contributed by atoms with Crippen molar-refractivity contribution in [1.82, 2.24) is 39.9 Å². The van der Waals surface area contributed by atoms with E-state index in [0.29, 0.717) is 45.9 Å². The molecule has 11 nitrogen and oxygen atoms in total. The molecule has 0 spiro atoms. The van der Waals surface area contributed by atoms with Gasteiger partial charge in [0.05, 0.1) is 0 Å². The van der Waals surface area contributed by atoms with Gasteiger partial charge in [0, 0.05) is 5.39 Å². The summed E-state index contributed by atoms with van der Waals surface area (Å²) >= 11 is 4.25. The molecule has 0 radical (unpaired) electrons. The molecule has 2 aliphatic rings. The number of hydrogen-bond acceptors (Lipinski definition) is 6. The van der Waals surface area contributed by atoms with Crippen LogP contribution >= 0.6 is 0 Å². The number of rotatable bonds is 2. The van der Waals surface area contributed by atoms with E-state index in [0.717, 1.165) is 38.6 Å². The number of fused-ring (bicyclic) bond motifs is 17. The van der Waals surface area contributed by atoms with Crippen molar-refractivity contribution in [1.29, 1.82) is 0 Å². The Morgan fingerprint density at radius 1 is 0.535 bits per heavy atom. The molecule has 2 aliphatic heterocycles. The van der Waals surface area contributed by atoms with Crippen molar-refractivity contribution in [2.75, 3.05) is 0 Å². The van der Waals surface area contributed by atoms with Crippen LogP contribution in [0.4, 0.5) is 0 Å². The van der Waals surface area contributed by atoms with Crippen molar-refractivity contribution in [3.05, 3.63) is 109 Å². The van der Waals surface area contributed by atoms with E-state index in [2.05, 4.69) is 31.3 Å². The first-order valence-electron chi connectivity index (χ1n) is 12.6. The summed E-state index contributed by atoms with van der Waals surface area (Å²) in [6, 6.07) is 27.2. The molecule has 0 saturated carbocycles. The van der Waals surface area contributed by atoms with Crippen molar-refractivity contribution in [3.63, 3.8) is 0 Å². The molecule has 215 valence electrons. The SMILES string of the molecule is [Co]=[CH]/C=C\c1[c-]c2nc3nc(nc4[nH]c(nc5nc(nc1[nH]2)-c1ccccc1-5)c1ccccc41)-c1ccccc1-3.[NH2-].[NH2-].[NH2-]. The van der Waals surface area contributed by atoms with Crippen LogP contribution in [0.2, 0.25) is 0 Å². The Bertz CT molecular complexity index is 2220. The number of nitrogens with two attached hydrogens (primary N) is 3. The van der Waals surface area contributed by atoms with E-state index in [1.807, 2.05) is 84.9 Å². The van der Waals surface area contributed by atoms with Gasteiger partial charge in [0.15, 0.2) is 0 Å². The van der Waals surface area contributed by atoms with Crippen LogP contribution in [0.1, 0.15) is 5.56 Å². The first-order valence-corrected chi connectivity index (χ1v) is 13.2. The molecule has 43 heavy (non-hydrogen) atoms. The molecule has 8 rings (SSSR count). The summed E-state index contributed by atoms with van der Waals surface area (Å²) < 4.78 is 0. The third kappa shape index (κ3) is 4.84. The Morgan fingerprint density at radius 3 is 1.47 bits per heavy atom. The van der Waals surface area contributed by atoms with Gasteiger partial charge in [0.25, 0.3) is 0 Å². The number of benzene rings is 3. The fourth-order valence-corrected chi connectivity index (χ4v) is 5.16. The van der Waals surface area contributed by atoms with Crippen LogP contribution in [0.25, 0.3) is 103 Å². The monoisotopic (exact) mass is 608 g/mol. The molecule has 0 saturated heterocycles. The second-order valence-corrected chi connectivity index (χ2v) is 9.60. The predicted octanol–water partition coefficient (Wildman–Crippen LogP) is 8.03. The summed E-state index contributed by atoms with van der Waals surface area (Å²) in [7, 11) is 0. The van der Waals surface area contributed by atoms with Crippen molar-refractivity contribution in [3.8, 4) is 45.6 Å². The van der Waals surface area contributed by atoms with Crippen LogP contribution in [0.5, 0.6) is 0 Å². The molecule has 0 unspecified atom stereocenters. The molecule has 8 N–H and O–H groups in total. The van der Waals surface area contributed by atoms with Gasteiger partial charge >= 0.3 is 206 Å². The zero-order valence-corrected chi connectivity index (χ0v) is 23.4. The summed E-state index contributed by atoms with van der Waals surface area (Å²) in [5.41, 5.74) is 6.70. The van der Waals surface area contributed by atoms with Crippen molar-refractivity contribution in [2.24, 2.45) is 0 Å². The molecular weight excluding hydrogens is 585 g/mol. The number of aromatic nitrogens is 8. The molecule has 0 aliphatic carbocycles. The number of H-pyrrole nitrogens is 2. The van der Waals surface area contributed by atoms with Gasteiger partial charge in [-0.2, -0.15) is 0 Å². The third-order valence-corrected chi connectivity index (χ3v) is 7.06. The molecule has 6 aromatic rings. The molecule has 12 heteroatoms. The zero-order chi connectivity index (χ0) is 26.6. The Kier molecular flexibility index (Phi) is 7.87. The Labute approximate surface area is 253 Å². The Morgan fingerprint density at radius 2 is 0.977 bits per heavy atom. The predicted molar refractivity (Wildman–Crippen MR) is 168 cm³/mol. The minimum atomic E-state index is 0. The molecular formula is C31H23CoN11-4. The summed E-state index contributed by atoms with van der Waals surface area (Å²) in [5, 5.41) is 1.88. The van der Waals surface area contributed by atoms with Gasteiger partial charge in [-0.25, -0.2) is 0 Å². The Balaban J connectivity index is 0.00000123. The number of nitrogens with one attached hydrogen (secondary N) is 2. The van der Waals surface area contributed by atoms with Gasteiger partial charge in [0.1, 0.15) is 0 Å². The smallest absolute Gasteiger partial charge is 0.693 e. The summed E-state index contributed by atoms with van der Waals surface area (Å²) in [5.74, 6) is 2.23. The van der Waals surface area contributed by atoms with Gasteiger partial charge in [0.2, 0.25) is 0 Å². The van der Waals surface area contributed by atoms with Gasteiger partial charge in [-0.05, 0) is 0 Å². The maximum Gasteiger partial charge on any atom is -0.693 e. The van der Waals surface area contributed by atoms with E-state index < -0.39 is 0 Å². The third-order valence-electron chi connectivity index (χ3n) is 6.86. The standard InChI is InChI=1S/C31H17N8.Co.3H2N/c1-2-9-17-16-24-32-25(17)34-27-20-12-5-6-13-21(20)29(36-27)38-31-23-15-8-7-14-22(23)30(39-31)37-28-19-11-4-3-10-18(19)26(33-24)35-28;;;;/h1-15H,(H2,32,33,34,35,36,37,38,39);;3*1H2/q-1;;3*-1/b9-2-;;;;. The number of hydrogen-bond donors (Lipinski definition) is 2. The van der Waals surface area contributed by atoms with Crippen LogP contribution in [-0.2, 0) is 15.3 Å². The fraction of sp³-hybridized carbons (Fsp3) is 0. The van der Waals surface area contributed by atoms with E-state index in [-0.39, 0.29) is 18.5 Å². The average Bonchev–Trinajstić information content (AvgIpc) is 3.72. The summed E-state index contributed by atoms with van der Waals surface area (Å²) in [6.07, 6.45) is 3.68. The quantitative estimate of drug-likeness (QED) is 0.185. The van der Waals surface area contributed by atoms with E-state index in [9.17, 15) is 0 Å². The molecule has 0 fully saturated rings. The normalized spacial score (nSPS) is 11.2. The average molecular weight is 609 g/mol. The first-order chi connectivity index (χ1) is 19.7. The second-order valence-electron chi connectivity index (χ2n) is 9.26. The fourth-order valence-electron chi connectivity index (χ4n) is 5.06. The maximum atomic E-state index is 4.99. The minimum Gasteiger partial charge on any atom is -0.693 e. The van der Waals surface area contributed by atoms with Gasteiger partial charge < -0.3 is 18.5 Å². The van der Waals surface area contributed by atoms with E-state index >= 15 is 0 Å². The van der Waals surface area contributed by atoms with Crippen LogP contribution in [0.3, 0.4) is 0 Å². The number of aromatic amines is 2. The van der Waals surface area contributed by atoms with Crippen LogP contribution in [0, 0.1) is 6.07 Å². The number of nitrogens with zero attached hydrogens (tertiary/aromatic N) is 6. The molecule has 5 heterocycles. The second kappa shape index (κ2) is 11.6. The van der Waals surface area contributed by atoms with Gasteiger partial charge in [-0.3, -0.25) is 0 Å². The molecule has 0 amide bonds. The van der Waals surface area contributed by atoms with Crippen molar-refractivity contribution in [2.45, 2.75) is 0 Å². The minimum absolute atomic E-state index is 0. The summed E-state index contributed by atoms with van der Waals surface area (Å²) in [4.78, 5) is 37.8. The van der Waals surface area contributed by atoms with E-state index in [1.165, 1.54) is 0 Å². The summed E-state index contributed by atoms with van der Waals surface area (Å²) in [6.45, 7) is 0. The van der Waals surface area contributed by atoms with Gasteiger partial charge in [-0.1, -0.05) is 24.3 Å². The first kappa shape index (κ1) is 29.3. The largest absolute Gasteiger partial charge is 0.693 e. The molecule has 8 bridgehead atoms. The molecule has 3 aromatic carbocycles. The van der Waals surface area contributed by atoms with Crippen LogP contribution < -0.4 is 0 Å². The maximum absolute atomic E-state index is 4.99. The molecule has 3 aromatic heterocycles. The van der Waals surface area contributed by atoms with E-state index in [4.69, 9.17) is 29.9 Å². The van der Waals surface area contributed by atoms with Crippen LogP contribution in [-0.4, -0.2) is 44.8 Å². The van der Waals surface area contributed by atoms with Gasteiger partial charge in [-0.15, -0.1) is 0 Å². The number of allylic oxidation sites excluding steroid dienone is 1. The Hall–Kier alpha value is -5.24. The molecule has 0 atom stereocenters. The topological polar surface area (TPSA) is 209 Å². The van der Waals surface area contributed by atoms with E-state index in [1.54, 1.807) is 4.96 Å². The van der Waals surface area contributed by atoms with Crippen molar-refractivity contribution < 1.29 is 15.3 Å².